The summed E-state index contributed by atoms with van der Waals surface area (Å²) in [6.45, 7) is 6.47. The van der Waals surface area contributed by atoms with E-state index in [-0.39, 0.29) is 17.6 Å². The molecular formula is C17H28N2O. The summed E-state index contributed by atoms with van der Waals surface area (Å²) in [6.07, 6.45) is 6.55. The van der Waals surface area contributed by atoms with Gasteiger partial charge >= 0.3 is 0 Å². The highest BCUT2D eigenvalue weighted by atomic mass is 16.5. The second-order valence-electron chi connectivity index (χ2n) is 6.52. The second kappa shape index (κ2) is 6.59. The number of hydrogen-bond donors (Lipinski definition) is 2. The number of hydrazine groups is 1. The number of hydrogen-bond acceptors (Lipinski definition) is 3. The number of para-hydroxylation sites is 1. The molecule has 0 aliphatic heterocycles. The highest BCUT2D eigenvalue weighted by Gasteiger charge is 2.37. The van der Waals surface area contributed by atoms with Crippen LogP contribution in [0.5, 0.6) is 5.75 Å². The molecule has 2 rings (SSSR count). The summed E-state index contributed by atoms with van der Waals surface area (Å²) in [5, 5.41) is 0. The molecule has 1 aliphatic carbocycles. The fourth-order valence-corrected chi connectivity index (χ4v) is 3.39. The van der Waals surface area contributed by atoms with Crippen molar-refractivity contribution in [3.8, 4) is 5.75 Å². The predicted octanol–water partition coefficient (Wildman–Crippen LogP) is 3.95. The van der Waals surface area contributed by atoms with Gasteiger partial charge in [0.15, 0.2) is 0 Å². The van der Waals surface area contributed by atoms with E-state index in [0.717, 1.165) is 5.75 Å². The Kier molecular flexibility index (Phi) is 5.06. The molecule has 0 radical (unpaired) electrons. The van der Waals surface area contributed by atoms with Gasteiger partial charge in [-0.2, -0.15) is 0 Å². The lowest BCUT2D eigenvalue weighted by molar-refractivity contribution is 0.139. The van der Waals surface area contributed by atoms with Gasteiger partial charge in [-0.25, -0.2) is 0 Å². The van der Waals surface area contributed by atoms with Crippen molar-refractivity contribution in [2.24, 2.45) is 11.3 Å². The minimum atomic E-state index is 0.151. The van der Waals surface area contributed by atoms with Crippen molar-refractivity contribution in [1.29, 1.82) is 0 Å². The molecule has 3 nitrogen and oxygen atoms in total. The Balaban J connectivity index is 2.31. The van der Waals surface area contributed by atoms with Gasteiger partial charge in [-0.05, 0) is 38.2 Å². The van der Waals surface area contributed by atoms with Crippen LogP contribution in [0.25, 0.3) is 0 Å². The minimum Gasteiger partial charge on any atom is -0.491 e. The van der Waals surface area contributed by atoms with Gasteiger partial charge in [0.05, 0.1) is 12.1 Å². The van der Waals surface area contributed by atoms with Gasteiger partial charge in [0.2, 0.25) is 0 Å². The molecule has 3 heteroatoms. The zero-order valence-corrected chi connectivity index (χ0v) is 13.0. The van der Waals surface area contributed by atoms with Crippen LogP contribution in [0.3, 0.4) is 0 Å². The van der Waals surface area contributed by atoms with Gasteiger partial charge in [-0.1, -0.05) is 44.4 Å². The molecule has 1 unspecified atom stereocenters. The van der Waals surface area contributed by atoms with Crippen LogP contribution in [0.4, 0.5) is 0 Å². The Bertz CT molecular complexity index is 425. The molecule has 0 aromatic heterocycles. The largest absolute Gasteiger partial charge is 0.491 e. The Labute approximate surface area is 122 Å². The summed E-state index contributed by atoms with van der Waals surface area (Å²) in [5.74, 6) is 6.87. The number of nitrogens with one attached hydrogen (secondary N) is 1. The third-order valence-electron chi connectivity index (χ3n) is 4.45. The van der Waals surface area contributed by atoms with Gasteiger partial charge in [-0.15, -0.1) is 0 Å². The molecule has 112 valence electrons. The summed E-state index contributed by atoms with van der Waals surface area (Å²) < 4.78 is 5.97. The van der Waals surface area contributed by atoms with Crippen molar-refractivity contribution in [1.82, 2.24) is 5.43 Å². The van der Waals surface area contributed by atoms with E-state index in [1.807, 2.05) is 12.1 Å². The van der Waals surface area contributed by atoms with E-state index in [9.17, 15) is 0 Å². The van der Waals surface area contributed by atoms with E-state index in [1.54, 1.807) is 0 Å². The van der Waals surface area contributed by atoms with E-state index >= 15 is 0 Å². The van der Waals surface area contributed by atoms with Gasteiger partial charge in [-0.3, -0.25) is 11.3 Å². The summed E-state index contributed by atoms with van der Waals surface area (Å²) in [6, 6.07) is 8.43. The maximum absolute atomic E-state index is 5.97. The minimum absolute atomic E-state index is 0.151. The van der Waals surface area contributed by atoms with Crippen LogP contribution in [0.15, 0.2) is 24.3 Å². The van der Waals surface area contributed by atoms with E-state index < -0.39 is 0 Å². The maximum atomic E-state index is 5.97. The molecule has 1 saturated carbocycles. The summed E-state index contributed by atoms with van der Waals surface area (Å²) in [4.78, 5) is 0. The molecule has 0 bridgehead atoms. The molecule has 0 saturated heterocycles. The summed E-state index contributed by atoms with van der Waals surface area (Å²) in [5.41, 5.74) is 4.46. The first-order valence-electron chi connectivity index (χ1n) is 7.78. The standard InChI is InChI=1S/C17H28N2O/c1-13(2)20-15-10-6-5-9-14(15)16(19-18)17(3)11-7-4-8-12-17/h5-6,9-10,13,16,19H,4,7-8,11-12,18H2,1-3H3. The lowest BCUT2D eigenvalue weighted by Crippen LogP contribution is -2.41. The zero-order chi connectivity index (χ0) is 14.6. The third-order valence-corrected chi connectivity index (χ3v) is 4.45. The van der Waals surface area contributed by atoms with E-state index in [2.05, 4.69) is 38.3 Å². The van der Waals surface area contributed by atoms with Gasteiger partial charge < -0.3 is 4.74 Å². The number of rotatable bonds is 5. The highest BCUT2D eigenvalue weighted by molar-refractivity contribution is 5.37. The topological polar surface area (TPSA) is 47.3 Å². The van der Waals surface area contributed by atoms with Gasteiger partial charge in [0, 0.05) is 5.56 Å². The van der Waals surface area contributed by atoms with Crippen molar-refractivity contribution in [2.75, 3.05) is 0 Å². The van der Waals surface area contributed by atoms with Crippen molar-refractivity contribution in [3.63, 3.8) is 0 Å². The van der Waals surface area contributed by atoms with Crippen LogP contribution in [-0.2, 0) is 0 Å². The first kappa shape index (κ1) is 15.3. The number of nitrogens with two attached hydrogens (primary N) is 1. The number of benzene rings is 1. The Morgan fingerprint density at radius 2 is 1.80 bits per heavy atom. The van der Waals surface area contributed by atoms with Crippen LogP contribution in [0, 0.1) is 5.41 Å². The molecule has 1 aliphatic rings. The quantitative estimate of drug-likeness (QED) is 0.632. The molecule has 3 N–H and O–H groups in total. The lowest BCUT2D eigenvalue weighted by atomic mass is 9.68. The fourth-order valence-electron chi connectivity index (χ4n) is 3.39. The van der Waals surface area contributed by atoms with Crippen LogP contribution >= 0.6 is 0 Å². The Morgan fingerprint density at radius 1 is 1.15 bits per heavy atom. The van der Waals surface area contributed by atoms with Gasteiger partial charge in [0.25, 0.3) is 0 Å². The third kappa shape index (κ3) is 3.33. The maximum Gasteiger partial charge on any atom is 0.124 e. The molecule has 1 atom stereocenters. The normalized spacial score (nSPS) is 19.9. The Hall–Kier alpha value is -1.06. The monoisotopic (exact) mass is 276 g/mol. The van der Waals surface area contributed by atoms with Crippen LogP contribution in [-0.4, -0.2) is 6.10 Å². The predicted molar refractivity (Wildman–Crippen MR) is 83.5 cm³/mol. The summed E-state index contributed by atoms with van der Waals surface area (Å²) >= 11 is 0. The molecule has 20 heavy (non-hydrogen) atoms. The average Bonchev–Trinajstić information content (AvgIpc) is 2.41. The first-order chi connectivity index (χ1) is 9.57. The van der Waals surface area contributed by atoms with E-state index in [1.165, 1.54) is 37.7 Å². The van der Waals surface area contributed by atoms with Crippen LogP contribution in [0.2, 0.25) is 0 Å². The fraction of sp³-hybridized carbons (Fsp3) is 0.647. The molecule has 0 heterocycles. The van der Waals surface area contributed by atoms with Crippen LogP contribution < -0.4 is 16.0 Å². The molecule has 0 spiro atoms. The number of ether oxygens (including phenoxy) is 1. The zero-order valence-electron chi connectivity index (χ0n) is 13.0. The lowest BCUT2D eigenvalue weighted by Gasteiger charge is -2.41. The van der Waals surface area contributed by atoms with Crippen molar-refractivity contribution in [2.45, 2.75) is 65.0 Å². The first-order valence-corrected chi connectivity index (χ1v) is 7.78. The summed E-state index contributed by atoms with van der Waals surface area (Å²) in [7, 11) is 0. The molecule has 0 amide bonds. The van der Waals surface area contributed by atoms with E-state index in [0.29, 0.717) is 0 Å². The van der Waals surface area contributed by atoms with Gasteiger partial charge in [0.1, 0.15) is 5.75 Å². The molecular weight excluding hydrogens is 248 g/mol. The Morgan fingerprint density at radius 3 is 2.40 bits per heavy atom. The molecule has 1 aromatic carbocycles. The average molecular weight is 276 g/mol. The van der Waals surface area contributed by atoms with E-state index in [4.69, 9.17) is 10.6 Å². The van der Waals surface area contributed by atoms with Crippen molar-refractivity contribution in [3.05, 3.63) is 29.8 Å². The highest BCUT2D eigenvalue weighted by Crippen LogP contribution is 2.47. The SMILES string of the molecule is CC(C)Oc1ccccc1C(NN)C1(C)CCCCC1. The second-order valence-corrected chi connectivity index (χ2v) is 6.52. The molecule has 1 aromatic rings. The smallest absolute Gasteiger partial charge is 0.124 e. The molecule has 1 fully saturated rings. The van der Waals surface area contributed by atoms with Crippen LogP contribution in [0.1, 0.15) is 64.5 Å². The van der Waals surface area contributed by atoms with Crippen molar-refractivity contribution < 1.29 is 4.74 Å². The van der Waals surface area contributed by atoms with Crippen molar-refractivity contribution >= 4 is 0 Å².